The number of carboxylic acid groups (broad SMARTS) is 1. The first-order chi connectivity index (χ1) is 7.97. The van der Waals surface area contributed by atoms with Crippen molar-refractivity contribution in [2.75, 3.05) is 6.61 Å². The lowest BCUT2D eigenvalue weighted by Crippen LogP contribution is -2.32. The van der Waals surface area contributed by atoms with Gasteiger partial charge in [-0.15, -0.1) is 0 Å². The topological polar surface area (TPSA) is 104 Å². The minimum atomic E-state index is -0.959. The van der Waals surface area contributed by atoms with Crippen molar-refractivity contribution < 1.29 is 20.1 Å². The number of carboxylic acids is 1. The van der Waals surface area contributed by atoms with Crippen LogP contribution in [0.2, 0.25) is 0 Å². The normalized spacial score (nSPS) is 13.2. The highest BCUT2D eigenvalue weighted by atomic mass is 16.4. The van der Waals surface area contributed by atoms with Gasteiger partial charge in [0.2, 0.25) is 0 Å². The molecule has 0 aliphatic rings. The van der Waals surface area contributed by atoms with E-state index in [4.69, 9.17) is 21.1 Å². The van der Waals surface area contributed by atoms with Gasteiger partial charge in [0.15, 0.2) is 0 Å². The van der Waals surface area contributed by atoms with Crippen LogP contribution in [-0.2, 0) is 11.2 Å². The number of aliphatic hydroxyl groups excluding tert-OH is 2. The van der Waals surface area contributed by atoms with E-state index < -0.39 is 18.1 Å². The van der Waals surface area contributed by atoms with E-state index in [9.17, 15) is 4.79 Å². The zero-order valence-electron chi connectivity index (χ0n) is 9.78. The first kappa shape index (κ1) is 15.6. The van der Waals surface area contributed by atoms with E-state index >= 15 is 0 Å². The molecule has 0 aliphatic heterocycles. The molecule has 0 aliphatic carbocycles. The molecule has 0 bridgehead atoms. The van der Waals surface area contributed by atoms with Crippen LogP contribution < -0.4 is 5.73 Å². The molecule has 5 heteroatoms. The Hall–Kier alpha value is -1.43. The highest BCUT2D eigenvalue weighted by Crippen LogP contribution is 2.01. The molecule has 0 fully saturated rings. The van der Waals surface area contributed by atoms with Crippen molar-refractivity contribution in [1.29, 1.82) is 0 Å². The molecule has 2 atom stereocenters. The Morgan fingerprint density at radius 1 is 1.35 bits per heavy atom. The van der Waals surface area contributed by atoms with Gasteiger partial charge >= 0.3 is 5.97 Å². The fourth-order valence-electron chi connectivity index (χ4n) is 0.955. The molecule has 5 N–H and O–H groups in total. The van der Waals surface area contributed by atoms with Crippen molar-refractivity contribution in [2.45, 2.75) is 25.5 Å². The predicted molar refractivity (Wildman–Crippen MR) is 64.5 cm³/mol. The number of aliphatic carboxylic acids is 1. The molecule has 5 nitrogen and oxygen atoms in total. The van der Waals surface area contributed by atoms with Crippen LogP contribution in [0.25, 0.3) is 0 Å². The van der Waals surface area contributed by atoms with E-state index in [-0.39, 0.29) is 6.61 Å². The number of nitrogens with two attached hydrogens (primary N) is 1. The third kappa shape index (κ3) is 8.38. The molecule has 0 radical (unpaired) electrons. The second-order valence-corrected chi connectivity index (χ2v) is 3.67. The summed E-state index contributed by atoms with van der Waals surface area (Å²) in [4.78, 5) is 10.4. The van der Waals surface area contributed by atoms with E-state index in [0.717, 1.165) is 5.56 Å². The number of benzene rings is 1. The minimum absolute atomic E-state index is 0.139. The van der Waals surface area contributed by atoms with Crippen molar-refractivity contribution in [3.63, 3.8) is 0 Å². The van der Waals surface area contributed by atoms with Crippen LogP contribution in [0.3, 0.4) is 0 Å². The molecule has 0 saturated heterocycles. The van der Waals surface area contributed by atoms with Gasteiger partial charge < -0.3 is 21.1 Å². The summed E-state index contributed by atoms with van der Waals surface area (Å²) in [5.41, 5.74) is 6.30. The number of hydrogen-bond donors (Lipinski definition) is 4. The molecule has 0 heterocycles. The van der Waals surface area contributed by atoms with Gasteiger partial charge in [0, 0.05) is 0 Å². The highest BCUT2D eigenvalue weighted by Gasteiger charge is 2.10. The summed E-state index contributed by atoms with van der Waals surface area (Å²) in [6.45, 7) is 1.39. The quantitative estimate of drug-likeness (QED) is 0.594. The second-order valence-electron chi connectivity index (χ2n) is 3.67. The molecule has 1 unspecified atom stereocenters. The lowest BCUT2D eigenvalue weighted by Gasteiger charge is -2.04. The van der Waals surface area contributed by atoms with Gasteiger partial charge in [0.1, 0.15) is 6.04 Å². The van der Waals surface area contributed by atoms with Gasteiger partial charge in [-0.05, 0) is 18.9 Å². The van der Waals surface area contributed by atoms with Crippen molar-refractivity contribution in [3.05, 3.63) is 35.9 Å². The first-order valence-corrected chi connectivity index (χ1v) is 5.28. The average molecular weight is 241 g/mol. The molecular weight excluding hydrogens is 222 g/mol. The summed E-state index contributed by atoms with van der Waals surface area (Å²) in [5.74, 6) is -0.959. The molecule has 17 heavy (non-hydrogen) atoms. The van der Waals surface area contributed by atoms with E-state index in [1.807, 2.05) is 30.3 Å². The summed E-state index contributed by atoms with van der Waals surface area (Å²) in [6, 6.07) is 8.54. The molecule has 96 valence electrons. The summed E-state index contributed by atoms with van der Waals surface area (Å²) in [6.07, 6.45) is -0.175. The van der Waals surface area contributed by atoms with Gasteiger partial charge in [0.25, 0.3) is 0 Å². The minimum Gasteiger partial charge on any atom is -0.480 e. The molecule has 0 aromatic heterocycles. The summed E-state index contributed by atoms with van der Waals surface area (Å²) < 4.78 is 0. The van der Waals surface area contributed by atoms with E-state index in [2.05, 4.69) is 0 Å². The van der Waals surface area contributed by atoms with Crippen LogP contribution >= 0.6 is 0 Å². The smallest absolute Gasteiger partial charge is 0.320 e. The van der Waals surface area contributed by atoms with Crippen LogP contribution in [0.5, 0.6) is 0 Å². The summed E-state index contributed by atoms with van der Waals surface area (Å²) in [5, 5.41) is 24.5. The fourth-order valence-corrected chi connectivity index (χ4v) is 0.955. The van der Waals surface area contributed by atoms with Crippen LogP contribution in [0.4, 0.5) is 0 Å². The van der Waals surface area contributed by atoms with Crippen LogP contribution in [0, 0.1) is 0 Å². The maximum atomic E-state index is 10.4. The van der Waals surface area contributed by atoms with Crippen molar-refractivity contribution >= 4 is 5.97 Å². The number of carbonyl (C=O) groups is 1. The second kappa shape index (κ2) is 8.69. The van der Waals surface area contributed by atoms with Crippen molar-refractivity contribution in [1.82, 2.24) is 0 Å². The highest BCUT2D eigenvalue weighted by molar-refractivity contribution is 5.73. The third-order valence-electron chi connectivity index (χ3n) is 1.88. The van der Waals surface area contributed by atoms with Crippen molar-refractivity contribution in [2.24, 2.45) is 5.73 Å². The maximum absolute atomic E-state index is 10.4. The Morgan fingerprint density at radius 2 is 1.82 bits per heavy atom. The van der Waals surface area contributed by atoms with E-state index in [0.29, 0.717) is 6.42 Å². The average Bonchev–Trinajstić information content (AvgIpc) is 2.31. The van der Waals surface area contributed by atoms with Crippen LogP contribution in [-0.4, -0.2) is 40.0 Å². The van der Waals surface area contributed by atoms with Gasteiger partial charge in [-0.25, -0.2) is 0 Å². The summed E-state index contributed by atoms with van der Waals surface area (Å²) >= 11 is 0. The lowest BCUT2D eigenvalue weighted by atomic mass is 10.1. The first-order valence-electron chi connectivity index (χ1n) is 5.28. The Labute approximate surface area is 101 Å². The Morgan fingerprint density at radius 3 is 2.18 bits per heavy atom. The van der Waals surface area contributed by atoms with Gasteiger partial charge in [-0.3, -0.25) is 4.79 Å². The monoisotopic (exact) mass is 241 g/mol. The third-order valence-corrected chi connectivity index (χ3v) is 1.88. The Kier molecular flexibility index (Phi) is 7.96. The summed E-state index contributed by atoms with van der Waals surface area (Å²) in [7, 11) is 0. The molecule has 1 rings (SSSR count). The Bertz CT molecular complexity index is 314. The standard InChI is InChI=1S/C9H11NO2.C3H8O2/c10-8(9(11)12)6-7-4-2-1-3-5-7;1-3(5)2-4/h1-5,8H,6,10H2,(H,11,12);3-5H,2H2,1H3/t8-;/m0./s1. The van der Waals surface area contributed by atoms with E-state index in [1.54, 1.807) is 0 Å². The lowest BCUT2D eigenvalue weighted by molar-refractivity contribution is -0.138. The largest absolute Gasteiger partial charge is 0.480 e. The predicted octanol–water partition coefficient (Wildman–Crippen LogP) is 0.000500. The molecule has 1 aromatic carbocycles. The fraction of sp³-hybridized carbons (Fsp3) is 0.417. The van der Waals surface area contributed by atoms with Crippen LogP contribution in [0.15, 0.2) is 30.3 Å². The number of rotatable bonds is 4. The van der Waals surface area contributed by atoms with Crippen LogP contribution in [0.1, 0.15) is 12.5 Å². The van der Waals surface area contributed by atoms with E-state index in [1.165, 1.54) is 6.92 Å². The zero-order chi connectivity index (χ0) is 13.3. The van der Waals surface area contributed by atoms with Gasteiger partial charge in [-0.2, -0.15) is 0 Å². The maximum Gasteiger partial charge on any atom is 0.320 e. The Balaban J connectivity index is 0.000000437. The molecule has 0 spiro atoms. The molecule has 0 saturated carbocycles. The van der Waals surface area contributed by atoms with Gasteiger partial charge in [-0.1, -0.05) is 30.3 Å². The zero-order valence-corrected chi connectivity index (χ0v) is 9.78. The molecule has 1 aromatic rings. The number of aliphatic hydroxyl groups is 2. The number of hydrogen-bond acceptors (Lipinski definition) is 4. The SMILES string of the molecule is CC(O)CO.N[C@@H](Cc1ccccc1)C(=O)O. The molecule has 0 amide bonds. The van der Waals surface area contributed by atoms with Crippen molar-refractivity contribution in [3.8, 4) is 0 Å². The molecular formula is C12H19NO4. The van der Waals surface area contributed by atoms with Gasteiger partial charge in [0.05, 0.1) is 12.7 Å².